The lowest BCUT2D eigenvalue weighted by molar-refractivity contribution is -0.151. The smallest absolute Gasteiger partial charge is 0.406 e. The number of amides is 1. The van der Waals surface area contributed by atoms with E-state index < -0.39 is 0 Å². The van der Waals surface area contributed by atoms with Crippen LogP contribution < -0.4 is 5.32 Å². The molecule has 0 fully saturated rings. The van der Waals surface area contributed by atoms with Gasteiger partial charge in [0.2, 0.25) is 0 Å². The molecule has 0 aliphatic carbocycles. The number of unbranched alkanes of at least 4 members (excludes halogenated alkanes) is 23. The Morgan fingerprint density at radius 1 is 0.414 bits per heavy atom. The summed E-state index contributed by atoms with van der Waals surface area (Å²) in [4.78, 5) is 39.4. The van der Waals surface area contributed by atoms with E-state index in [0.717, 1.165) is 122 Å². The molecule has 1 N–H and O–H groups in total. The second kappa shape index (κ2) is 44.7. The van der Waals surface area contributed by atoms with Gasteiger partial charge >= 0.3 is 18.0 Å². The minimum Gasteiger partial charge on any atom is -0.462 e. The van der Waals surface area contributed by atoms with Gasteiger partial charge in [-0.05, 0) is 96.7 Å². The van der Waals surface area contributed by atoms with Crippen LogP contribution in [0.15, 0.2) is 0 Å². The monoisotopic (exact) mass is 823 g/mol. The average molecular weight is 823 g/mol. The standard InChI is InChI=1S/C50H98N2O6/c1-6-10-13-16-21-28-37-46(36-9-4)57-48(53)40-31-24-19-26-33-43-52(45-35-42-51-50(55)56-5)44-34-27-20-25-32-41-49(54)58-47(38-29-22-17-14-11-7-2)39-30-23-18-15-12-8-3/h46-47H,6-45H2,1-5H3,(H,51,55). The predicted octanol–water partition coefficient (Wildman–Crippen LogP) is 14.6. The largest absolute Gasteiger partial charge is 0.462 e. The van der Waals surface area contributed by atoms with Crippen LogP contribution in [0.25, 0.3) is 0 Å². The molecule has 0 aliphatic heterocycles. The topological polar surface area (TPSA) is 94.2 Å². The van der Waals surface area contributed by atoms with E-state index in [0.29, 0.717) is 19.4 Å². The zero-order valence-electron chi connectivity index (χ0n) is 39.3. The Morgan fingerprint density at radius 3 is 1.16 bits per heavy atom. The number of ether oxygens (including phenoxy) is 3. The van der Waals surface area contributed by atoms with Crippen molar-refractivity contribution in [3.63, 3.8) is 0 Å². The van der Waals surface area contributed by atoms with Gasteiger partial charge in [0.1, 0.15) is 12.2 Å². The van der Waals surface area contributed by atoms with Crippen LogP contribution in [0.4, 0.5) is 4.79 Å². The lowest BCUT2D eigenvalue weighted by Crippen LogP contribution is -2.31. The first-order chi connectivity index (χ1) is 28.4. The lowest BCUT2D eigenvalue weighted by Gasteiger charge is -2.22. The summed E-state index contributed by atoms with van der Waals surface area (Å²) in [5.74, 6) is -0.00426. The van der Waals surface area contributed by atoms with E-state index in [4.69, 9.17) is 14.2 Å². The van der Waals surface area contributed by atoms with Crippen LogP contribution >= 0.6 is 0 Å². The molecule has 1 atom stereocenters. The second-order valence-electron chi connectivity index (χ2n) is 17.3. The molecule has 344 valence electrons. The molecule has 0 saturated heterocycles. The molecule has 0 radical (unpaired) electrons. The zero-order valence-corrected chi connectivity index (χ0v) is 39.3. The lowest BCUT2D eigenvalue weighted by atomic mass is 10.0. The molecule has 0 aromatic carbocycles. The minimum absolute atomic E-state index is 0.00746. The number of hydrogen-bond acceptors (Lipinski definition) is 7. The highest BCUT2D eigenvalue weighted by Crippen LogP contribution is 2.19. The van der Waals surface area contributed by atoms with Crippen LogP contribution in [0.3, 0.4) is 0 Å². The molecule has 0 aromatic heterocycles. The van der Waals surface area contributed by atoms with E-state index in [1.54, 1.807) is 0 Å². The molecule has 8 heteroatoms. The average Bonchev–Trinajstić information content (AvgIpc) is 3.21. The highest BCUT2D eigenvalue weighted by atomic mass is 16.5. The quantitative estimate of drug-likeness (QED) is 0.0371. The van der Waals surface area contributed by atoms with Crippen molar-refractivity contribution in [1.29, 1.82) is 0 Å². The first-order valence-corrected chi connectivity index (χ1v) is 25.3. The highest BCUT2D eigenvalue weighted by molar-refractivity contribution is 5.69. The summed E-state index contributed by atoms with van der Waals surface area (Å²) in [5, 5.41) is 2.81. The summed E-state index contributed by atoms with van der Waals surface area (Å²) in [6, 6.07) is 0. The van der Waals surface area contributed by atoms with Crippen LogP contribution in [-0.2, 0) is 23.8 Å². The molecule has 0 spiro atoms. The highest BCUT2D eigenvalue weighted by Gasteiger charge is 2.15. The summed E-state index contributed by atoms with van der Waals surface area (Å²) >= 11 is 0. The number of carbonyl (C=O) groups excluding carboxylic acids is 3. The van der Waals surface area contributed by atoms with E-state index in [-0.39, 0.29) is 30.2 Å². The van der Waals surface area contributed by atoms with Gasteiger partial charge in [0.05, 0.1) is 7.11 Å². The fourth-order valence-electron chi connectivity index (χ4n) is 7.96. The fourth-order valence-corrected chi connectivity index (χ4v) is 7.96. The number of hydrogen-bond donors (Lipinski definition) is 1. The molecule has 0 aliphatic rings. The van der Waals surface area contributed by atoms with Crippen molar-refractivity contribution >= 4 is 18.0 Å². The number of alkyl carbamates (subject to hydrolysis) is 1. The molecule has 8 nitrogen and oxygen atoms in total. The minimum atomic E-state index is -0.371. The van der Waals surface area contributed by atoms with E-state index in [1.807, 2.05) is 0 Å². The summed E-state index contributed by atoms with van der Waals surface area (Å²) in [5.41, 5.74) is 0. The molecule has 58 heavy (non-hydrogen) atoms. The Bertz CT molecular complexity index is 885. The molecule has 0 rings (SSSR count). The Hall–Kier alpha value is -1.83. The van der Waals surface area contributed by atoms with Gasteiger partial charge in [-0.15, -0.1) is 0 Å². The third kappa shape index (κ3) is 39.6. The first kappa shape index (κ1) is 56.2. The van der Waals surface area contributed by atoms with Crippen molar-refractivity contribution in [1.82, 2.24) is 10.2 Å². The zero-order chi connectivity index (χ0) is 42.6. The van der Waals surface area contributed by atoms with Crippen molar-refractivity contribution in [2.45, 2.75) is 271 Å². The first-order valence-electron chi connectivity index (χ1n) is 25.3. The van der Waals surface area contributed by atoms with Crippen LogP contribution in [0.5, 0.6) is 0 Å². The maximum absolute atomic E-state index is 12.8. The molecule has 0 saturated carbocycles. The molecule has 0 heterocycles. The van der Waals surface area contributed by atoms with E-state index in [9.17, 15) is 14.4 Å². The molecular formula is C50H98N2O6. The van der Waals surface area contributed by atoms with Crippen molar-refractivity contribution < 1.29 is 28.6 Å². The molecule has 0 aromatic rings. The fraction of sp³-hybridized carbons (Fsp3) is 0.940. The Kier molecular flexibility index (Phi) is 43.3. The van der Waals surface area contributed by atoms with Gasteiger partial charge in [0.25, 0.3) is 0 Å². The SMILES string of the molecule is CCCCCCCCC(CCC)OC(=O)CCCCCCCN(CCCCCCCC(=O)OC(CCCCCCCC)CCCCCCCC)CCCNC(=O)OC. The summed E-state index contributed by atoms with van der Waals surface area (Å²) in [6.45, 7) is 12.6. The maximum atomic E-state index is 12.8. The molecule has 0 bridgehead atoms. The maximum Gasteiger partial charge on any atom is 0.406 e. The van der Waals surface area contributed by atoms with Gasteiger partial charge in [0.15, 0.2) is 0 Å². The third-order valence-corrected chi connectivity index (χ3v) is 11.7. The number of nitrogens with zero attached hydrogens (tertiary/aromatic N) is 1. The number of nitrogens with one attached hydrogen (secondary N) is 1. The van der Waals surface area contributed by atoms with Gasteiger partial charge in [-0.1, -0.05) is 169 Å². The van der Waals surface area contributed by atoms with Crippen LogP contribution in [0, 0.1) is 0 Å². The number of methoxy groups -OCH3 is 1. The van der Waals surface area contributed by atoms with Gasteiger partial charge in [0, 0.05) is 19.4 Å². The van der Waals surface area contributed by atoms with Gasteiger partial charge in [-0.25, -0.2) is 4.79 Å². The van der Waals surface area contributed by atoms with Crippen molar-refractivity contribution in [3.05, 3.63) is 0 Å². The third-order valence-electron chi connectivity index (χ3n) is 11.7. The Labute approximate surface area is 360 Å². The molecular weight excluding hydrogens is 725 g/mol. The predicted molar refractivity (Wildman–Crippen MR) is 246 cm³/mol. The van der Waals surface area contributed by atoms with E-state index in [1.165, 1.54) is 123 Å². The molecule has 1 unspecified atom stereocenters. The second-order valence-corrected chi connectivity index (χ2v) is 17.3. The summed E-state index contributed by atoms with van der Waals surface area (Å²) < 4.78 is 16.7. The van der Waals surface area contributed by atoms with Crippen molar-refractivity contribution in [2.75, 3.05) is 33.3 Å². The van der Waals surface area contributed by atoms with Crippen LogP contribution in [0.2, 0.25) is 0 Å². The Balaban J connectivity index is 4.43. The number of esters is 2. The summed E-state index contributed by atoms with van der Waals surface area (Å²) in [7, 11) is 1.40. The van der Waals surface area contributed by atoms with Crippen LogP contribution in [0.1, 0.15) is 259 Å². The van der Waals surface area contributed by atoms with Gasteiger partial charge in [-0.3, -0.25) is 9.59 Å². The van der Waals surface area contributed by atoms with Gasteiger partial charge in [-0.2, -0.15) is 0 Å². The summed E-state index contributed by atoms with van der Waals surface area (Å²) in [6.07, 6.45) is 40.7. The van der Waals surface area contributed by atoms with Crippen molar-refractivity contribution in [3.8, 4) is 0 Å². The van der Waals surface area contributed by atoms with E-state index in [2.05, 4.69) is 37.9 Å². The normalized spacial score (nSPS) is 12.0. The number of rotatable bonds is 45. The molecule has 1 amide bonds. The number of carbonyl (C=O) groups is 3. The van der Waals surface area contributed by atoms with E-state index >= 15 is 0 Å². The Morgan fingerprint density at radius 2 is 0.759 bits per heavy atom. The van der Waals surface area contributed by atoms with Gasteiger partial charge < -0.3 is 24.4 Å². The van der Waals surface area contributed by atoms with Crippen LogP contribution in [-0.4, -0.2) is 68.4 Å². The van der Waals surface area contributed by atoms with Crippen molar-refractivity contribution in [2.24, 2.45) is 0 Å².